The molecular formula is C16H17F3N2O4S2. The van der Waals surface area contributed by atoms with Crippen LogP contribution in [0, 0.1) is 0 Å². The number of sulfonamides is 1. The number of rotatable bonds is 8. The maximum atomic E-state index is 12.1. The van der Waals surface area contributed by atoms with E-state index < -0.39 is 22.1 Å². The maximum Gasteiger partial charge on any atom is 0.573 e. The molecule has 6 nitrogen and oxygen atoms in total. The van der Waals surface area contributed by atoms with Crippen molar-refractivity contribution in [3.05, 3.63) is 46.7 Å². The van der Waals surface area contributed by atoms with E-state index in [9.17, 15) is 26.4 Å². The second-order valence-electron chi connectivity index (χ2n) is 5.47. The van der Waals surface area contributed by atoms with E-state index in [0.717, 1.165) is 29.1 Å². The van der Waals surface area contributed by atoms with E-state index in [0.29, 0.717) is 0 Å². The zero-order valence-electron chi connectivity index (χ0n) is 14.1. The van der Waals surface area contributed by atoms with E-state index in [1.165, 1.54) is 11.3 Å². The number of benzene rings is 1. The number of thiophene rings is 1. The first kappa shape index (κ1) is 21.2. The lowest BCUT2D eigenvalue weighted by molar-refractivity contribution is -0.274. The zero-order chi connectivity index (χ0) is 20.1. The van der Waals surface area contributed by atoms with Crippen molar-refractivity contribution in [1.29, 1.82) is 0 Å². The Morgan fingerprint density at radius 2 is 1.89 bits per heavy atom. The van der Waals surface area contributed by atoms with Crippen molar-refractivity contribution in [2.24, 2.45) is 0 Å². The molecule has 27 heavy (non-hydrogen) atoms. The number of halogens is 3. The van der Waals surface area contributed by atoms with Gasteiger partial charge in [0.25, 0.3) is 0 Å². The molecule has 0 aliphatic heterocycles. The predicted octanol–water partition coefficient (Wildman–Crippen LogP) is 3.19. The number of nitrogens with one attached hydrogen (secondary N) is 2. The second kappa shape index (κ2) is 8.72. The number of carbonyl (C=O) groups excluding carboxylic acids is 1. The van der Waals surface area contributed by atoms with Crippen molar-refractivity contribution in [3.8, 4) is 5.75 Å². The smallest absolute Gasteiger partial charge is 0.406 e. The first-order valence-corrected chi connectivity index (χ1v) is 10.1. The summed E-state index contributed by atoms with van der Waals surface area (Å²) in [7, 11) is -3.95. The van der Waals surface area contributed by atoms with Crippen LogP contribution >= 0.6 is 11.3 Å². The summed E-state index contributed by atoms with van der Waals surface area (Å²) in [5.41, 5.74) is 0. The topological polar surface area (TPSA) is 84.5 Å². The van der Waals surface area contributed by atoms with Crippen LogP contribution in [0.5, 0.6) is 5.75 Å². The van der Waals surface area contributed by atoms with Gasteiger partial charge in [-0.15, -0.1) is 24.5 Å². The average Bonchev–Trinajstić information content (AvgIpc) is 3.08. The van der Waals surface area contributed by atoms with Gasteiger partial charge in [0.2, 0.25) is 15.9 Å². The molecule has 11 heteroatoms. The van der Waals surface area contributed by atoms with E-state index in [2.05, 4.69) is 14.8 Å². The number of ether oxygens (including phenoxy) is 1. The summed E-state index contributed by atoms with van der Waals surface area (Å²) in [4.78, 5) is 12.6. The lowest BCUT2D eigenvalue weighted by Crippen LogP contribution is -2.31. The monoisotopic (exact) mass is 422 g/mol. The van der Waals surface area contributed by atoms with E-state index in [-0.39, 0.29) is 29.8 Å². The Kier molecular flexibility index (Phi) is 6.84. The molecule has 0 spiro atoms. The van der Waals surface area contributed by atoms with Crippen LogP contribution in [0.1, 0.15) is 24.3 Å². The van der Waals surface area contributed by atoms with Crippen LogP contribution in [0.2, 0.25) is 0 Å². The van der Waals surface area contributed by atoms with Gasteiger partial charge in [-0.2, -0.15) is 0 Å². The molecule has 0 fully saturated rings. The van der Waals surface area contributed by atoms with Crippen LogP contribution in [0.25, 0.3) is 0 Å². The molecule has 148 valence electrons. The molecule has 1 aromatic heterocycles. The highest BCUT2D eigenvalue weighted by atomic mass is 32.2. The fourth-order valence-corrected chi connectivity index (χ4v) is 3.89. The molecule has 0 aliphatic rings. The largest absolute Gasteiger partial charge is 0.573 e. The normalized spacial score (nSPS) is 13.2. The Labute approximate surface area is 158 Å². The molecule has 2 N–H and O–H groups in total. The third-order valence-corrected chi connectivity index (χ3v) is 5.89. The summed E-state index contributed by atoms with van der Waals surface area (Å²) >= 11 is 1.50. The highest BCUT2D eigenvalue weighted by molar-refractivity contribution is 7.89. The first-order chi connectivity index (χ1) is 12.6. The van der Waals surface area contributed by atoms with Gasteiger partial charge in [-0.05, 0) is 42.6 Å². The molecular weight excluding hydrogens is 405 g/mol. The summed E-state index contributed by atoms with van der Waals surface area (Å²) in [6, 6.07) is 7.33. The number of amides is 1. The van der Waals surface area contributed by atoms with Crippen molar-refractivity contribution in [3.63, 3.8) is 0 Å². The van der Waals surface area contributed by atoms with E-state index >= 15 is 0 Å². The van der Waals surface area contributed by atoms with Crippen molar-refractivity contribution in [2.75, 3.05) is 6.54 Å². The summed E-state index contributed by atoms with van der Waals surface area (Å²) in [5.74, 6) is -0.851. The highest BCUT2D eigenvalue weighted by Crippen LogP contribution is 2.23. The average molecular weight is 422 g/mol. The summed E-state index contributed by atoms with van der Waals surface area (Å²) in [6.45, 7) is 1.67. The van der Waals surface area contributed by atoms with Gasteiger partial charge in [-0.25, -0.2) is 13.1 Å². The fraction of sp³-hybridized carbons (Fsp3) is 0.312. The Bertz CT molecular complexity index is 851. The number of alkyl halides is 3. The van der Waals surface area contributed by atoms with Gasteiger partial charge >= 0.3 is 6.36 Å². The fourth-order valence-electron chi connectivity index (χ4n) is 2.13. The lowest BCUT2D eigenvalue weighted by Gasteiger charge is -2.13. The van der Waals surface area contributed by atoms with Crippen LogP contribution in [0.15, 0.2) is 46.7 Å². The third kappa shape index (κ3) is 6.85. The summed E-state index contributed by atoms with van der Waals surface area (Å²) in [6.07, 6.45) is -4.93. The minimum absolute atomic E-state index is 0.0792. The van der Waals surface area contributed by atoms with Gasteiger partial charge in [0.15, 0.2) is 0 Å². The number of carbonyl (C=O) groups is 1. The Morgan fingerprint density at radius 1 is 1.22 bits per heavy atom. The van der Waals surface area contributed by atoms with Gasteiger partial charge in [0.05, 0.1) is 10.9 Å². The molecule has 0 bridgehead atoms. The Hall–Kier alpha value is -2.11. The molecule has 0 radical (unpaired) electrons. The van der Waals surface area contributed by atoms with Gasteiger partial charge in [-0.3, -0.25) is 4.79 Å². The lowest BCUT2D eigenvalue weighted by atomic mass is 10.2. The molecule has 2 aromatic rings. The van der Waals surface area contributed by atoms with E-state index in [4.69, 9.17) is 0 Å². The number of hydrogen-bond donors (Lipinski definition) is 2. The number of hydrogen-bond acceptors (Lipinski definition) is 5. The summed E-state index contributed by atoms with van der Waals surface area (Å²) < 4.78 is 66.5. The molecule has 1 heterocycles. The van der Waals surface area contributed by atoms with Crippen LogP contribution in [-0.2, 0) is 14.8 Å². The molecule has 0 aliphatic carbocycles. The van der Waals surface area contributed by atoms with Crippen molar-refractivity contribution in [2.45, 2.75) is 30.6 Å². The van der Waals surface area contributed by atoms with Gasteiger partial charge in [0.1, 0.15) is 5.75 Å². The highest BCUT2D eigenvalue weighted by Gasteiger charge is 2.31. The van der Waals surface area contributed by atoms with Crippen molar-refractivity contribution in [1.82, 2.24) is 10.0 Å². The standard InChI is InChI=1S/C16H17F3N2O4S2/c1-11(14-3-2-10-26-14)21-15(22)8-9-20-27(23,24)13-6-4-12(5-7-13)25-16(17,18)19/h2-7,10-11,20H,8-9H2,1H3,(H,21,22). The van der Waals surface area contributed by atoms with Crippen LogP contribution in [-0.4, -0.2) is 27.2 Å². The molecule has 1 unspecified atom stereocenters. The molecule has 1 aromatic carbocycles. The molecule has 1 amide bonds. The minimum atomic E-state index is -4.85. The molecule has 1 atom stereocenters. The Morgan fingerprint density at radius 3 is 2.44 bits per heavy atom. The van der Waals surface area contributed by atoms with Gasteiger partial charge < -0.3 is 10.1 Å². The molecule has 0 saturated heterocycles. The van der Waals surface area contributed by atoms with E-state index in [1.54, 1.807) is 0 Å². The van der Waals surface area contributed by atoms with Crippen LogP contribution in [0.3, 0.4) is 0 Å². The first-order valence-electron chi connectivity index (χ1n) is 7.75. The quantitative estimate of drug-likeness (QED) is 0.684. The third-order valence-electron chi connectivity index (χ3n) is 3.36. The SMILES string of the molecule is CC(NC(=O)CCNS(=O)(=O)c1ccc(OC(F)(F)F)cc1)c1cccs1. The van der Waals surface area contributed by atoms with Crippen LogP contribution in [0.4, 0.5) is 13.2 Å². The van der Waals surface area contributed by atoms with Crippen molar-refractivity contribution >= 4 is 27.3 Å². The van der Waals surface area contributed by atoms with Gasteiger partial charge in [0, 0.05) is 17.8 Å². The maximum absolute atomic E-state index is 12.1. The minimum Gasteiger partial charge on any atom is -0.406 e. The molecule has 2 rings (SSSR count). The van der Waals surface area contributed by atoms with Crippen LogP contribution < -0.4 is 14.8 Å². The summed E-state index contributed by atoms with van der Waals surface area (Å²) in [5, 5.41) is 4.64. The Balaban J connectivity index is 1.84. The van der Waals surface area contributed by atoms with Gasteiger partial charge in [-0.1, -0.05) is 6.07 Å². The van der Waals surface area contributed by atoms with Crippen molar-refractivity contribution < 1.29 is 31.1 Å². The molecule has 0 saturated carbocycles. The zero-order valence-corrected chi connectivity index (χ0v) is 15.7. The second-order valence-corrected chi connectivity index (χ2v) is 8.22. The van der Waals surface area contributed by atoms with E-state index in [1.807, 2.05) is 24.4 Å². The predicted molar refractivity (Wildman–Crippen MR) is 93.8 cm³/mol.